The molecule has 2 rings (SSSR count). The minimum absolute atomic E-state index is 0.335. The molecule has 0 unspecified atom stereocenters. The number of carbonyl (C=O) groups excluding carboxylic acids is 3. The fourth-order valence-electron chi connectivity index (χ4n) is 2.73. The van der Waals surface area contributed by atoms with Crippen molar-refractivity contribution in [2.24, 2.45) is 5.73 Å². The molecule has 0 radical (unpaired) electrons. The molecule has 1 heterocycles. The normalized spacial score (nSPS) is 17.0. The van der Waals surface area contributed by atoms with Crippen LogP contribution >= 0.6 is 0 Å². The Hall–Kier alpha value is -2.57. The van der Waals surface area contributed by atoms with Crippen LogP contribution in [0.1, 0.15) is 43.0 Å². The summed E-state index contributed by atoms with van der Waals surface area (Å²) < 4.78 is 10.5. The molecule has 1 aromatic carbocycles. The third-order valence-corrected chi connectivity index (χ3v) is 4.04. The van der Waals surface area contributed by atoms with E-state index in [1.54, 1.807) is 24.3 Å². The third-order valence-electron chi connectivity index (χ3n) is 4.04. The van der Waals surface area contributed by atoms with E-state index in [0.717, 1.165) is 19.3 Å². The third kappa shape index (κ3) is 5.20. The predicted octanol–water partition coefficient (Wildman–Crippen LogP) is 1.50. The molecule has 2 N–H and O–H groups in total. The number of rotatable bonds is 7. The lowest BCUT2D eigenvalue weighted by molar-refractivity contribution is -0.143. The highest BCUT2D eigenvalue weighted by atomic mass is 16.5. The molecule has 1 aliphatic rings. The lowest BCUT2D eigenvalue weighted by atomic mass is 10.0. The summed E-state index contributed by atoms with van der Waals surface area (Å²) in [6, 6.07) is 5.93. The van der Waals surface area contributed by atoms with Gasteiger partial charge < -0.3 is 20.1 Å². The van der Waals surface area contributed by atoms with Crippen molar-refractivity contribution < 1.29 is 23.9 Å². The minimum Gasteiger partial charge on any atom is -0.494 e. The number of hydrogen-bond donors (Lipinski definition) is 1. The largest absolute Gasteiger partial charge is 0.494 e. The molecule has 136 valence electrons. The van der Waals surface area contributed by atoms with Crippen LogP contribution in [-0.2, 0) is 14.3 Å². The van der Waals surface area contributed by atoms with Gasteiger partial charge >= 0.3 is 5.97 Å². The predicted molar refractivity (Wildman–Crippen MR) is 91.1 cm³/mol. The number of hydrogen-bond acceptors (Lipinski definition) is 5. The second-order valence-corrected chi connectivity index (χ2v) is 5.95. The lowest BCUT2D eigenvalue weighted by Crippen LogP contribution is -2.51. The standard InChI is InChI=1S/C18H24N2O5/c1-2-11-24-14-8-6-13(7-9-14)18(23)25-12-16(21)20-10-4-3-5-15(20)17(19)22/h6-9,15H,2-5,10-12H2,1H3,(H2,19,22)/t15-/m0/s1. The van der Waals surface area contributed by atoms with E-state index in [4.69, 9.17) is 15.2 Å². The van der Waals surface area contributed by atoms with Gasteiger partial charge in [-0.25, -0.2) is 4.79 Å². The Morgan fingerprint density at radius 1 is 1.20 bits per heavy atom. The highest BCUT2D eigenvalue weighted by molar-refractivity contribution is 5.92. The molecule has 1 aliphatic heterocycles. The number of piperidine rings is 1. The molecular formula is C18H24N2O5. The van der Waals surface area contributed by atoms with E-state index in [1.165, 1.54) is 4.90 Å². The molecular weight excluding hydrogens is 324 g/mol. The summed E-state index contributed by atoms with van der Waals surface area (Å²) in [5.74, 6) is -0.850. The summed E-state index contributed by atoms with van der Waals surface area (Å²) in [4.78, 5) is 37.1. The summed E-state index contributed by atoms with van der Waals surface area (Å²) in [6.45, 7) is 2.66. The highest BCUT2D eigenvalue weighted by Gasteiger charge is 2.31. The van der Waals surface area contributed by atoms with Gasteiger partial charge in [-0.3, -0.25) is 9.59 Å². The van der Waals surface area contributed by atoms with Crippen LogP contribution in [0.2, 0.25) is 0 Å². The van der Waals surface area contributed by atoms with Gasteiger partial charge in [0.05, 0.1) is 12.2 Å². The van der Waals surface area contributed by atoms with Crippen LogP contribution < -0.4 is 10.5 Å². The van der Waals surface area contributed by atoms with Gasteiger partial charge in [-0.1, -0.05) is 6.92 Å². The first-order chi connectivity index (χ1) is 12.0. The molecule has 25 heavy (non-hydrogen) atoms. The number of esters is 1. The lowest BCUT2D eigenvalue weighted by Gasteiger charge is -2.33. The van der Waals surface area contributed by atoms with E-state index in [9.17, 15) is 14.4 Å². The van der Waals surface area contributed by atoms with Gasteiger partial charge in [0.25, 0.3) is 5.91 Å². The average Bonchev–Trinajstić information content (AvgIpc) is 2.64. The molecule has 0 aromatic heterocycles. The fourth-order valence-corrected chi connectivity index (χ4v) is 2.73. The van der Waals surface area contributed by atoms with Gasteiger partial charge in [-0.2, -0.15) is 0 Å². The topological polar surface area (TPSA) is 98.9 Å². The summed E-state index contributed by atoms with van der Waals surface area (Å²) in [7, 11) is 0. The van der Waals surface area contributed by atoms with Crippen LogP contribution in [-0.4, -0.2) is 48.5 Å². The van der Waals surface area contributed by atoms with Gasteiger partial charge in [-0.05, 0) is 49.9 Å². The van der Waals surface area contributed by atoms with E-state index < -0.39 is 30.4 Å². The van der Waals surface area contributed by atoms with E-state index in [1.807, 2.05) is 6.92 Å². The maximum atomic E-state index is 12.2. The summed E-state index contributed by atoms with van der Waals surface area (Å²) in [5.41, 5.74) is 5.67. The molecule has 2 amide bonds. The second-order valence-electron chi connectivity index (χ2n) is 5.95. The SMILES string of the molecule is CCCOc1ccc(C(=O)OCC(=O)N2CCCC[C@H]2C(N)=O)cc1. The minimum atomic E-state index is -0.616. The zero-order valence-electron chi connectivity index (χ0n) is 14.4. The highest BCUT2D eigenvalue weighted by Crippen LogP contribution is 2.17. The monoisotopic (exact) mass is 348 g/mol. The summed E-state index contributed by atoms with van der Waals surface area (Å²) >= 11 is 0. The van der Waals surface area contributed by atoms with Gasteiger partial charge in [-0.15, -0.1) is 0 Å². The van der Waals surface area contributed by atoms with Crippen molar-refractivity contribution in [2.75, 3.05) is 19.8 Å². The maximum Gasteiger partial charge on any atom is 0.338 e. The number of amides is 2. The van der Waals surface area contributed by atoms with Crippen LogP contribution in [0.3, 0.4) is 0 Å². The van der Waals surface area contributed by atoms with E-state index in [0.29, 0.717) is 30.9 Å². The molecule has 0 saturated carbocycles. The number of likely N-dealkylation sites (tertiary alicyclic amines) is 1. The van der Waals surface area contributed by atoms with Crippen LogP contribution in [0.4, 0.5) is 0 Å². The number of benzene rings is 1. The first-order valence-electron chi connectivity index (χ1n) is 8.51. The number of carbonyl (C=O) groups is 3. The van der Waals surface area contributed by atoms with Crippen molar-refractivity contribution >= 4 is 17.8 Å². The Morgan fingerprint density at radius 2 is 1.92 bits per heavy atom. The van der Waals surface area contributed by atoms with Crippen molar-refractivity contribution in [3.8, 4) is 5.75 Å². The van der Waals surface area contributed by atoms with Crippen molar-refractivity contribution in [1.82, 2.24) is 4.90 Å². The van der Waals surface area contributed by atoms with Crippen LogP contribution in [0.5, 0.6) is 5.75 Å². The van der Waals surface area contributed by atoms with Crippen LogP contribution in [0, 0.1) is 0 Å². The van der Waals surface area contributed by atoms with E-state index in [2.05, 4.69) is 0 Å². The Kier molecular flexibility index (Phi) is 6.80. The quantitative estimate of drug-likeness (QED) is 0.753. The molecule has 7 nitrogen and oxygen atoms in total. The summed E-state index contributed by atoms with van der Waals surface area (Å²) in [6.07, 6.45) is 3.11. The Labute approximate surface area is 147 Å². The smallest absolute Gasteiger partial charge is 0.338 e. The number of primary amides is 1. The molecule has 0 aliphatic carbocycles. The Balaban J connectivity index is 1.88. The molecule has 1 aromatic rings. The Bertz CT molecular complexity index is 614. The fraction of sp³-hybridized carbons (Fsp3) is 0.500. The van der Waals surface area contributed by atoms with Crippen molar-refractivity contribution in [1.29, 1.82) is 0 Å². The van der Waals surface area contributed by atoms with Crippen LogP contribution in [0.15, 0.2) is 24.3 Å². The van der Waals surface area contributed by atoms with E-state index in [-0.39, 0.29) is 0 Å². The average molecular weight is 348 g/mol. The number of nitrogens with two attached hydrogens (primary N) is 1. The van der Waals surface area contributed by atoms with E-state index >= 15 is 0 Å². The molecule has 7 heteroatoms. The molecule has 0 bridgehead atoms. The zero-order valence-corrected chi connectivity index (χ0v) is 14.4. The number of ether oxygens (including phenoxy) is 2. The van der Waals surface area contributed by atoms with Gasteiger partial charge in [0.1, 0.15) is 11.8 Å². The van der Waals surface area contributed by atoms with Gasteiger partial charge in [0.15, 0.2) is 6.61 Å². The van der Waals surface area contributed by atoms with Crippen molar-refractivity contribution in [3.63, 3.8) is 0 Å². The van der Waals surface area contributed by atoms with Crippen molar-refractivity contribution in [2.45, 2.75) is 38.6 Å². The van der Waals surface area contributed by atoms with Gasteiger partial charge in [0.2, 0.25) is 5.91 Å². The molecule has 1 saturated heterocycles. The molecule has 1 atom stereocenters. The van der Waals surface area contributed by atoms with Gasteiger partial charge in [0, 0.05) is 6.54 Å². The Morgan fingerprint density at radius 3 is 2.56 bits per heavy atom. The zero-order chi connectivity index (χ0) is 18.2. The molecule has 0 spiro atoms. The number of nitrogens with zero attached hydrogens (tertiary/aromatic N) is 1. The van der Waals surface area contributed by atoms with Crippen LogP contribution in [0.25, 0.3) is 0 Å². The first kappa shape index (κ1) is 18.8. The second kappa shape index (κ2) is 9.05. The summed E-state index contributed by atoms with van der Waals surface area (Å²) in [5, 5.41) is 0. The van der Waals surface area contributed by atoms with Crippen molar-refractivity contribution in [3.05, 3.63) is 29.8 Å². The maximum absolute atomic E-state index is 12.2. The molecule has 1 fully saturated rings. The first-order valence-corrected chi connectivity index (χ1v) is 8.51.